The molecule has 0 atom stereocenters. The Hall–Kier alpha value is -1.95. The van der Waals surface area contributed by atoms with Gasteiger partial charge in [-0.2, -0.15) is 0 Å². The van der Waals surface area contributed by atoms with Crippen molar-refractivity contribution in [2.75, 3.05) is 26.2 Å². The van der Waals surface area contributed by atoms with Crippen LogP contribution < -0.4 is 5.32 Å². The van der Waals surface area contributed by atoms with Gasteiger partial charge in [0.15, 0.2) is 0 Å². The van der Waals surface area contributed by atoms with Crippen molar-refractivity contribution < 1.29 is 14.0 Å². The third-order valence-corrected chi connectivity index (χ3v) is 5.08. The van der Waals surface area contributed by atoms with E-state index in [1.165, 1.54) is 18.6 Å². The Kier molecular flexibility index (Phi) is 6.02. The summed E-state index contributed by atoms with van der Waals surface area (Å²) < 4.78 is 13.2. The molecule has 1 aliphatic carbocycles. The first-order valence-corrected chi connectivity index (χ1v) is 9.15. The standard InChI is InChI=1S/C19H26FN3O2/c20-16-8-6-15(7-9-16)12-23(17-4-2-1-3-5-17)19(25)14-22-11-10-21-18(24)13-22/h6-9,17H,1-5,10-14H2,(H,21,24). The van der Waals surface area contributed by atoms with Crippen molar-refractivity contribution in [2.45, 2.75) is 44.7 Å². The lowest BCUT2D eigenvalue weighted by molar-refractivity contribution is -0.137. The predicted molar refractivity (Wildman–Crippen MR) is 93.3 cm³/mol. The van der Waals surface area contributed by atoms with E-state index in [1.54, 1.807) is 12.1 Å². The van der Waals surface area contributed by atoms with Gasteiger partial charge in [-0.1, -0.05) is 31.4 Å². The zero-order valence-electron chi connectivity index (χ0n) is 14.5. The zero-order valence-corrected chi connectivity index (χ0v) is 14.5. The molecule has 3 rings (SSSR count). The highest BCUT2D eigenvalue weighted by Gasteiger charge is 2.28. The Balaban J connectivity index is 1.69. The van der Waals surface area contributed by atoms with E-state index in [0.717, 1.165) is 31.2 Å². The highest BCUT2D eigenvalue weighted by molar-refractivity contribution is 5.82. The SMILES string of the molecule is O=C1CN(CC(=O)N(Cc2ccc(F)cc2)C2CCCCC2)CCN1. The molecule has 2 aliphatic rings. The van der Waals surface area contributed by atoms with E-state index in [0.29, 0.717) is 19.6 Å². The predicted octanol–water partition coefficient (Wildman–Crippen LogP) is 1.92. The highest BCUT2D eigenvalue weighted by atomic mass is 19.1. The van der Waals surface area contributed by atoms with Crippen molar-refractivity contribution in [1.82, 2.24) is 15.1 Å². The van der Waals surface area contributed by atoms with Gasteiger partial charge >= 0.3 is 0 Å². The van der Waals surface area contributed by atoms with Crippen molar-refractivity contribution in [3.63, 3.8) is 0 Å². The third kappa shape index (κ3) is 5.01. The lowest BCUT2D eigenvalue weighted by Gasteiger charge is -2.36. The first kappa shape index (κ1) is 17.9. The van der Waals surface area contributed by atoms with Gasteiger partial charge in [0.25, 0.3) is 0 Å². The van der Waals surface area contributed by atoms with Gasteiger partial charge in [-0.15, -0.1) is 0 Å². The summed E-state index contributed by atoms with van der Waals surface area (Å²) in [5.41, 5.74) is 0.941. The van der Waals surface area contributed by atoms with E-state index < -0.39 is 0 Å². The smallest absolute Gasteiger partial charge is 0.237 e. The molecular weight excluding hydrogens is 321 g/mol. The van der Waals surface area contributed by atoms with Gasteiger partial charge in [0, 0.05) is 25.7 Å². The number of hydrogen-bond donors (Lipinski definition) is 1. The number of nitrogens with zero attached hydrogens (tertiary/aromatic N) is 2. The molecule has 0 radical (unpaired) electrons. The van der Waals surface area contributed by atoms with Crippen molar-refractivity contribution >= 4 is 11.8 Å². The van der Waals surface area contributed by atoms with Crippen LogP contribution >= 0.6 is 0 Å². The number of amides is 2. The summed E-state index contributed by atoms with van der Waals surface area (Å²) in [7, 11) is 0. The number of carbonyl (C=O) groups is 2. The fraction of sp³-hybridized carbons (Fsp3) is 0.579. The van der Waals surface area contributed by atoms with Crippen LogP contribution in [-0.4, -0.2) is 53.8 Å². The molecule has 0 unspecified atom stereocenters. The van der Waals surface area contributed by atoms with E-state index >= 15 is 0 Å². The van der Waals surface area contributed by atoms with Crippen LogP contribution in [0.1, 0.15) is 37.7 Å². The maximum absolute atomic E-state index is 13.2. The van der Waals surface area contributed by atoms with E-state index in [1.807, 2.05) is 9.80 Å². The minimum atomic E-state index is -0.265. The lowest BCUT2D eigenvalue weighted by atomic mass is 9.93. The minimum Gasteiger partial charge on any atom is -0.354 e. The van der Waals surface area contributed by atoms with Gasteiger partial charge in [-0.3, -0.25) is 14.5 Å². The summed E-state index contributed by atoms with van der Waals surface area (Å²) in [5, 5.41) is 2.78. The second kappa shape index (κ2) is 8.43. The summed E-state index contributed by atoms with van der Waals surface area (Å²) in [5.74, 6) is -0.230. The zero-order chi connectivity index (χ0) is 17.6. The van der Waals surface area contributed by atoms with Crippen LogP contribution in [0.15, 0.2) is 24.3 Å². The van der Waals surface area contributed by atoms with Crippen LogP contribution in [-0.2, 0) is 16.1 Å². The maximum atomic E-state index is 13.2. The molecule has 0 spiro atoms. The molecule has 1 N–H and O–H groups in total. The number of rotatable bonds is 5. The molecule has 1 heterocycles. The number of benzene rings is 1. The molecule has 2 fully saturated rings. The van der Waals surface area contributed by atoms with Gasteiger partial charge in [0.05, 0.1) is 13.1 Å². The second-order valence-electron chi connectivity index (χ2n) is 7.00. The van der Waals surface area contributed by atoms with Crippen LogP contribution in [0.25, 0.3) is 0 Å². The van der Waals surface area contributed by atoms with Gasteiger partial charge in [-0.05, 0) is 30.5 Å². The van der Waals surface area contributed by atoms with Gasteiger partial charge in [0.1, 0.15) is 5.82 Å². The Morgan fingerprint density at radius 2 is 1.92 bits per heavy atom. The number of piperazine rings is 1. The first-order valence-electron chi connectivity index (χ1n) is 9.15. The van der Waals surface area contributed by atoms with Crippen molar-refractivity contribution in [3.8, 4) is 0 Å². The summed E-state index contributed by atoms with van der Waals surface area (Å²) >= 11 is 0. The molecular formula is C19H26FN3O2. The van der Waals surface area contributed by atoms with Crippen LogP contribution in [0.4, 0.5) is 4.39 Å². The van der Waals surface area contributed by atoms with Gasteiger partial charge in [0.2, 0.25) is 11.8 Å². The fourth-order valence-electron chi connectivity index (χ4n) is 3.71. The van der Waals surface area contributed by atoms with E-state index in [2.05, 4.69) is 5.32 Å². The summed E-state index contributed by atoms with van der Waals surface area (Å²) in [6, 6.07) is 6.60. The minimum absolute atomic E-state index is 0.0261. The Labute approximate surface area is 148 Å². The summed E-state index contributed by atoms with van der Waals surface area (Å²) in [4.78, 5) is 28.4. The average Bonchev–Trinajstić information content (AvgIpc) is 2.62. The van der Waals surface area contributed by atoms with E-state index in [-0.39, 0.29) is 36.8 Å². The Morgan fingerprint density at radius 1 is 1.20 bits per heavy atom. The maximum Gasteiger partial charge on any atom is 0.237 e. The summed E-state index contributed by atoms with van der Waals surface area (Å²) in [6.45, 7) is 2.34. The largest absolute Gasteiger partial charge is 0.354 e. The quantitative estimate of drug-likeness (QED) is 0.885. The molecule has 136 valence electrons. The van der Waals surface area contributed by atoms with Gasteiger partial charge < -0.3 is 10.2 Å². The molecule has 0 bridgehead atoms. The summed E-state index contributed by atoms with van der Waals surface area (Å²) in [6.07, 6.45) is 5.55. The molecule has 1 aromatic rings. The van der Waals surface area contributed by atoms with Gasteiger partial charge in [-0.25, -0.2) is 4.39 Å². The molecule has 25 heavy (non-hydrogen) atoms. The second-order valence-corrected chi connectivity index (χ2v) is 7.00. The lowest BCUT2D eigenvalue weighted by Crippen LogP contribution is -2.52. The molecule has 1 saturated heterocycles. The van der Waals surface area contributed by atoms with Crippen LogP contribution in [0, 0.1) is 5.82 Å². The molecule has 1 saturated carbocycles. The molecule has 0 aromatic heterocycles. The number of carbonyl (C=O) groups excluding carboxylic acids is 2. The van der Waals surface area contributed by atoms with Crippen LogP contribution in [0.2, 0.25) is 0 Å². The average molecular weight is 347 g/mol. The molecule has 1 aromatic carbocycles. The number of hydrogen-bond acceptors (Lipinski definition) is 3. The van der Waals surface area contributed by atoms with Crippen molar-refractivity contribution in [2.24, 2.45) is 0 Å². The van der Waals surface area contributed by atoms with E-state index in [9.17, 15) is 14.0 Å². The topological polar surface area (TPSA) is 52.7 Å². The first-order chi connectivity index (χ1) is 12.1. The fourth-order valence-corrected chi connectivity index (χ4v) is 3.71. The normalized spacial score (nSPS) is 19.5. The monoisotopic (exact) mass is 347 g/mol. The molecule has 2 amide bonds. The molecule has 6 heteroatoms. The highest BCUT2D eigenvalue weighted by Crippen LogP contribution is 2.24. The number of halogens is 1. The van der Waals surface area contributed by atoms with Crippen LogP contribution in [0.5, 0.6) is 0 Å². The molecule has 5 nitrogen and oxygen atoms in total. The third-order valence-electron chi connectivity index (χ3n) is 5.08. The van der Waals surface area contributed by atoms with Crippen molar-refractivity contribution in [3.05, 3.63) is 35.6 Å². The Bertz CT molecular complexity index is 599. The van der Waals surface area contributed by atoms with Crippen LogP contribution in [0.3, 0.4) is 0 Å². The van der Waals surface area contributed by atoms with E-state index in [4.69, 9.17) is 0 Å². The van der Waals surface area contributed by atoms with Crippen molar-refractivity contribution in [1.29, 1.82) is 0 Å². The molecule has 1 aliphatic heterocycles. The Morgan fingerprint density at radius 3 is 2.60 bits per heavy atom. The number of nitrogens with one attached hydrogen (secondary N) is 1.